The maximum Gasteiger partial charge on any atom is 0.259 e. The van der Waals surface area contributed by atoms with E-state index in [9.17, 15) is 9.18 Å². The Kier molecular flexibility index (Phi) is 6.71. The Labute approximate surface area is 187 Å². The Morgan fingerprint density at radius 1 is 1.19 bits per heavy atom. The van der Waals surface area contributed by atoms with Crippen LogP contribution < -0.4 is 20.3 Å². The highest BCUT2D eigenvalue weighted by Gasteiger charge is 2.26. The summed E-state index contributed by atoms with van der Waals surface area (Å²) in [6.45, 7) is 1.43. The number of anilines is 3. The molecule has 2 aromatic heterocycles. The van der Waals surface area contributed by atoms with Crippen molar-refractivity contribution in [1.29, 1.82) is 0 Å². The van der Waals surface area contributed by atoms with Crippen LogP contribution in [0.5, 0.6) is 5.75 Å². The van der Waals surface area contributed by atoms with Gasteiger partial charge in [-0.25, -0.2) is 0 Å². The molecule has 3 aromatic rings. The summed E-state index contributed by atoms with van der Waals surface area (Å²) in [6, 6.07) is 10.1. The summed E-state index contributed by atoms with van der Waals surface area (Å²) < 4.78 is 23.6. The first-order chi connectivity index (χ1) is 15.6. The van der Waals surface area contributed by atoms with Crippen molar-refractivity contribution in [3.63, 3.8) is 0 Å². The van der Waals surface area contributed by atoms with E-state index in [4.69, 9.17) is 9.47 Å². The van der Waals surface area contributed by atoms with Gasteiger partial charge >= 0.3 is 0 Å². The third-order valence-electron chi connectivity index (χ3n) is 4.98. The summed E-state index contributed by atoms with van der Waals surface area (Å²) in [7, 11) is 3.03. The average molecular weight is 460 g/mol. The molecule has 1 aliphatic heterocycles. The maximum absolute atomic E-state index is 13.0. The van der Waals surface area contributed by atoms with Gasteiger partial charge in [0.2, 0.25) is 16.2 Å². The first-order valence-corrected chi connectivity index (χ1v) is 10.7. The number of aromatic nitrogens is 4. The number of rotatable bonds is 8. The minimum atomic E-state index is -0.814. The lowest BCUT2D eigenvalue weighted by atomic mass is 10.1. The molecule has 168 valence electrons. The normalized spacial score (nSPS) is 16.6. The van der Waals surface area contributed by atoms with E-state index in [1.54, 1.807) is 37.4 Å². The van der Waals surface area contributed by atoms with Crippen LogP contribution >= 0.6 is 11.3 Å². The van der Waals surface area contributed by atoms with Gasteiger partial charge in [0.1, 0.15) is 5.75 Å². The number of methoxy groups -OCH3 is 2. The monoisotopic (exact) mass is 459 g/mol. The van der Waals surface area contributed by atoms with Gasteiger partial charge in [-0.05, 0) is 36.2 Å². The lowest BCUT2D eigenvalue weighted by Crippen LogP contribution is -2.26. The third kappa shape index (κ3) is 5.08. The summed E-state index contributed by atoms with van der Waals surface area (Å²) in [5.74, 6) is 0.305. The standard InChI is InChI=1S/C20H22FN7O3S/c1-30-14-5-3-4-12(10-14)17(31-2)18(29)23-20-27-26-19(32-20)22-13-8-9-28(11-13)16-7-6-15(21)24-25-16/h3-7,10,13,17H,8-9,11H2,1-2H3,(H,22,26)(H,23,27,29)/t13-,17?/m1/s1. The number of halogens is 1. The summed E-state index contributed by atoms with van der Waals surface area (Å²) in [4.78, 5) is 14.7. The van der Waals surface area contributed by atoms with Gasteiger partial charge in [0.05, 0.1) is 7.11 Å². The number of ether oxygens (including phenoxy) is 2. The molecule has 2 N–H and O–H groups in total. The Morgan fingerprint density at radius 3 is 2.78 bits per heavy atom. The van der Waals surface area contributed by atoms with E-state index in [1.165, 1.54) is 24.5 Å². The van der Waals surface area contributed by atoms with Crippen molar-refractivity contribution in [2.45, 2.75) is 18.6 Å². The number of nitrogens with zero attached hydrogens (tertiary/aromatic N) is 5. The molecule has 32 heavy (non-hydrogen) atoms. The molecule has 1 aliphatic rings. The van der Waals surface area contributed by atoms with Crippen molar-refractivity contribution >= 4 is 33.3 Å². The lowest BCUT2D eigenvalue weighted by Gasteiger charge is -2.16. The molecule has 2 atom stereocenters. The molecule has 0 spiro atoms. The number of amides is 1. The second-order valence-electron chi connectivity index (χ2n) is 7.08. The summed E-state index contributed by atoms with van der Waals surface area (Å²) in [5, 5.41) is 22.5. The number of hydrogen-bond acceptors (Lipinski definition) is 10. The van der Waals surface area contributed by atoms with Gasteiger partial charge < -0.3 is 19.7 Å². The van der Waals surface area contributed by atoms with Crippen LogP contribution in [0.25, 0.3) is 0 Å². The molecule has 1 saturated heterocycles. The van der Waals surface area contributed by atoms with Gasteiger partial charge in [-0.1, -0.05) is 23.5 Å². The molecule has 1 fully saturated rings. The number of benzene rings is 1. The van der Waals surface area contributed by atoms with E-state index in [0.29, 0.717) is 33.9 Å². The van der Waals surface area contributed by atoms with Crippen molar-refractivity contribution in [1.82, 2.24) is 20.4 Å². The number of carbonyl (C=O) groups excluding carboxylic acids is 1. The molecule has 0 bridgehead atoms. The second-order valence-corrected chi connectivity index (χ2v) is 8.06. The number of hydrogen-bond donors (Lipinski definition) is 2. The Hall–Kier alpha value is -3.38. The highest BCUT2D eigenvalue weighted by atomic mass is 32.1. The number of nitrogens with one attached hydrogen (secondary N) is 2. The van der Waals surface area contributed by atoms with E-state index in [2.05, 4.69) is 31.0 Å². The summed E-state index contributed by atoms with van der Waals surface area (Å²) in [5.41, 5.74) is 0.669. The van der Waals surface area contributed by atoms with Crippen LogP contribution in [0, 0.1) is 5.95 Å². The fourth-order valence-corrected chi connectivity index (χ4v) is 4.16. The van der Waals surface area contributed by atoms with Gasteiger partial charge in [-0.3, -0.25) is 10.1 Å². The van der Waals surface area contributed by atoms with E-state index >= 15 is 0 Å². The fraction of sp³-hybridized carbons (Fsp3) is 0.350. The van der Waals surface area contributed by atoms with Crippen LogP contribution in [-0.4, -0.2) is 59.7 Å². The van der Waals surface area contributed by atoms with Crippen LogP contribution in [0.15, 0.2) is 36.4 Å². The highest BCUT2D eigenvalue weighted by Crippen LogP contribution is 2.27. The summed E-state index contributed by atoms with van der Waals surface area (Å²) in [6.07, 6.45) is 0.0349. The molecule has 1 unspecified atom stereocenters. The van der Waals surface area contributed by atoms with Crippen molar-refractivity contribution in [2.24, 2.45) is 0 Å². The topological polar surface area (TPSA) is 114 Å². The van der Waals surface area contributed by atoms with Gasteiger partial charge in [0.25, 0.3) is 5.91 Å². The smallest absolute Gasteiger partial charge is 0.259 e. The quantitative estimate of drug-likeness (QED) is 0.524. The van der Waals surface area contributed by atoms with E-state index in [0.717, 1.165) is 13.0 Å². The van der Waals surface area contributed by atoms with E-state index in [-0.39, 0.29) is 11.9 Å². The van der Waals surface area contributed by atoms with Crippen molar-refractivity contribution in [3.05, 3.63) is 47.9 Å². The summed E-state index contributed by atoms with van der Waals surface area (Å²) >= 11 is 1.24. The maximum atomic E-state index is 13.0. The van der Waals surface area contributed by atoms with Gasteiger partial charge in [0, 0.05) is 26.2 Å². The van der Waals surface area contributed by atoms with E-state index < -0.39 is 12.1 Å². The molecule has 10 nitrogen and oxygen atoms in total. The first-order valence-electron chi connectivity index (χ1n) is 9.87. The SMILES string of the molecule is COc1cccc(C(OC)C(=O)Nc2nnc(N[C@@H]3CCN(c4ccc(F)nn4)C3)s2)c1. The zero-order chi connectivity index (χ0) is 22.5. The van der Waals surface area contributed by atoms with Gasteiger partial charge in [-0.15, -0.1) is 20.4 Å². The average Bonchev–Trinajstić information content (AvgIpc) is 3.45. The van der Waals surface area contributed by atoms with Crippen LogP contribution in [0.1, 0.15) is 18.1 Å². The first kappa shape index (κ1) is 21.8. The molecule has 3 heterocycles. The molecule has 0 aliphatic carbocycles. The third-order valence-corrected chi connectivity index (χ3v) is 5.75. The van der Waals surface area contributed by atoms with Crippen molar-refractivity contribution in [2.75, 3.05) is 42.8 Å². The van der Waals surface area contributed by atoms with Crippen molar-refractivity contribution < 1.29 is 18.7 Å². The minimum absolute atomic E-state index is 0.113. The zero-order valence-corrected chi connectivity index (χ0v) is 18.3. The van der Waals surface area contributed by atoms with Gasteiger partial charge in [0.15, 0.2) is 11.9 Å². The molecular weight excluding hydrogens is 437 g/mol. The largest absolute Gasteiger partial charge is 0.497 e. The van der Waals surface area contributed by atoms with Crippen molar-refractivity contribution in [3.8, 4) is 5.75 Å². The Morgan fingerprint density at radius 2 is 2.03 bits per heavy atom. The van der Waals surface area contributed by atoms with Crippen LogP contribution in [0.2, 0.25) is 0 Å². The molecular formula is C20H22FN7O3S. The molecule has 1 aromatic carbocycles. The van der Waals surface area contributed by atoms with Gasteiger partial charge in [-0.2, -0.15) is 4.39 Å². The number of carbonyl (C=O) groups is 1. The van der Waals surface area contributed by atoms with Crippen LogP contribution in [-0.2, 0) is 9.53 Å². The Bertz CT molecular complexity index is 1070. The molecule has 4 rings (SSSR count). The minimum Gasteiger partial charge on any atom is -0.497 e. The highest BCUT2D eigenvalue weighted by molar-refractivity contribution is 7.19. The van der Waals surface area contributed by atoms with Crippen LogP contribution in [0.3, 0.4) is 0 Å². The second kappa shape index (κ2) is 9.83. The zero-order valence-electron chi connectivity index (χ0n) is 17.5. The lowest BCUT2D eigenvalue weighted by molar-refractivity contribution is -0.126. The predicted molar refractivity (Wildman–Crippen MR) is 118 cm³/mol. The van der Waals surface area contributed by atoms with Crippen LogP contribution in [0.4, 0.5) is 20.5 Å². The molecule has 0 saturated carbocycles. The fourth-order valence-electron chi connectivity index (χ4n) is 3.44. The van der Waals surface area contributed by atoms with E-state index in [1.807, 2.05) is 4.90 Å². The molecule has 12 heteroatoms. The predicted octanol–water partition coefficient (Wildman–Crippen LogP) is 2.49. The Balaban J connectivity index is 1.34. The molecule has 0 radical (unpaired) electrons. The molecule has 1 amide bonds.